The smallest absolute Gasteiger partial charge is 1.00 e. The summed E-state index contributed by atoms with van der Waals surface area (Å²) in [7, 11) is -8.67. The van der Waals surface area contributed by atoms with E-state index in [0.29, 0.717) is 5.56 Å². The molecule has 0 aliphatic rings. The molecule has 1 rings (SSSR count). The van der Waals surface area contributed by atoms with Crippen LogP contribution in [0.15, 0.2) is 29.2 Å². The minimum absolute atomic E-state index is 0. The monoisotopic (exact) mass is 310 g/mol. The van der Waals surface area contributed by atoms with Gasteiger partial charge in [0.15, 0.2) is 0 Å². The molecule has 94 valence electrons. The molecule has 0 spiro atoms. The van der Waals surface area contributed by atoms with Gasteiger partial charge in [0.1, 0.15) is 0 Å². The van der Waals surface area contributed by atoms with Crippen LogP contribution in [-0.2, 0) is 14.7 Å². The van der Waals surface area contributed by atoms with Crippen molar-refractivity contribution in [3.63, 3.8) is 0 Å². The summed E-state index contributed by atoms with van der Waals surface area (Å²) < 4.78 is 38.7. The maximum atomic E-state index is 10.6. The molecule has 10 heteroatoms. The van der Waals surface area contributed by atoms with Crippen LogP contribution in [0, 0.1) is 6.92 Å². The van der Waals surface area contributed by atoms with E-state index in [-0.39, 0.29) is 57.7 Å². The van der Waals surface area contributed by atoms with Crippen molar-refractivity contribution in [3.8, 4) is 0 Å². The molecule has 0 fully saturated rings. The van der Waals surface area contributed by atoms with Gasteiger partial charge < -0.3 is 16.1 Å². The van der Waals surface area contributed by atoms with Crippen LogP contribution in [0.5, 0.6) is 0 Å². The number of benzene rings is 1. The zero-order valence-corrected chi connectivity index (χ0v) is 14.0. The number of aryl methyl sites for hydroxylation is 1. The molecular weight excluding hydrogens is 298 g/mol. The number of hydrogen-bond acceptors (Lipinski definition) is 3. The molecule has 17 heavy (non-hydrogen) atoms. The van der Waals surface area contributed by atoms with E-state index in [4.69, 9.17) is 23.8 Å². The molecule has 1 aromatic carbocycles. The Morgan fingerprint density at radius 2 is 1.53 bits per heavy atom. The molecule has 0 aromatic heterocycles. The summed E-state index contributed by atoms with van der Waals surface area (Å²) in [6, 6.07) is 6.27. The zero-order valence-electron chi connectivity index (χ0n) is 10.2. The molecule has 0 aliphatic carbocycles. The Balaban J connectivity index is -0.000000282. The van der Waals surface area contributed by atoms with E-state index in [1.807, 2.05) is 0 Å². The van der Waals surface area contributed by atoms with Gasteiger partial charge in [-0.2, -0.15) is 8.42 Å². The first-order valence-corrected chi connectivity index (χ1v) is 6.84. The first-order chi connectivity index (χ1) is 7.02. The molecular formula is C7H12KO7PS. The van der Waals surface area contributed by atoms with Gasteiger partial charge in [-0.15, -0.1) is 0 Å². The zero-order chi connectivity index (χ0) is 13.0. The van der Waals surface area contributed by atoms with Gasteiger partial charge in [0.05, 0.1) is 4.90 Å². The Labute approximate surface area is 143 Å². The van der Waals surface area contributed by atoms with Gasteiger partial charge in [0.2, 0.25) is 0 Å². The quantitative estimate of drug-likeness (QED) is 0.255. The van der Waals surface area contributed by atoms with Crippen molar-refractivity contribution in [2.75, 3.05) is 0 Å². The Morgan fingerprint density at radius 3 is 1.76 bits per heavy atom. The average molecular weight is 310 g/mol. The van der Waals surface area contributed by atoms with Gasteiger partial charge in [-0.05, 0) is 18.6 Å². The topological polar surface area (TPSA) is 132 Å². The van der Waals surface area contributed by atoms with Gasteiger partial charge in [-0.3, -0.25) is 4.55 Å². The van der Waals surface area contributed by atoms with E-state index in [0.717, 1.165) is 0 Å². The second-order valence-electron chi connectivity index (χ2n) is 2.75. The van der Waals surface area contributed by atoms with E-state index >= 15 is 0 Å². The van der Waals surface area contributed by atoms with Gasteiger partial charge >= 0.3 is 59.2 Å². The summed E-state index contributed by atoms with van der Waals surface area (Å²) in [5.41, 5.74) is 0.551. The Morgan fingerprint density at radius 1 is 1.18 bits per heavy atom. The fraction of sp³-hybridized carbons (Fsp3) is 0.143. The summed E-state index contributed by atoms with van der Waals surface area (Å²) in [6.07, 6.45) is 0. The summed E-state index contributed by atoms with van der Waals surface area (Å²) in [4.78, 5) is 21.5. The van der Waals surface area contributed by atoms with Crippen molar-refractivity contribution >= 4 is 17.9 Å². The number of phosphoric acid groups is 1. The molecule has 0 unspecified atom stereocenters. The molecule has 0 saturated carbocycles. The van der Waals surface area contributed by atoms with Crippen LogP contribution in [0.3, 0.4) is 0 Å². The molecule has 0 heterocycles. The first kappa shape index (κ1) is 20.2. The van der Waals surface area contributed by atoms with Gasteiger partial charge in [0, 0.05) is 0 Å². The van der Waals surface area contributed by atoms with E-state index in [2.05, 4.69) is 0 Å². The van der Waals surface area contributed by atoms with Gasteiger partial charge in [-0.1, -0.05) is 18.2 Å². The molecule has 0 bridgehead atoms. The van der Waals surface area contributed by atoms with Crippen LogP contribution in [0.25, 0.3) is 0 Å². The van der Waals surface area contributed by atoms with E-state index in [1.165, 1.54) is 6.07 Å². The summed E-state index contributed by atoms with van der Waals surface area (Å²) >= 11 is 0. The van der Waals surface area contributed by atoms with Crippen molar-refractivity contribution in [2.45, 2.75) is 11.8 Å². The third-order valence-corrected chi connectivity index (χ3v) is 2.39. The van der Waals surface area contributed by atoms with Crippen LogP contribution in [0.2, 0.25) is 0 Å². The van der Waals surface area contributed by atoms with Gasteiger partial charge in [0.25, 0.3) is 10.1 Å². The van der Waals surface area contributed by atoms with E-state index < -0.39 is 17.9 Å². The number of rotatable bonds is 1. The van der Waals surface area contributed by atoms with Crippen LogP contribution in [0.4, 0.5) is 0 Å². The predicted octanol–water partition coefficient (Wildman–Crippen LogP) is -2.57. The fourth-order valence-corrected chi connectivity index (χ4v) is 1.57. The molecule has 0 aliphatic heterocycles. The SMILES string of the molecule is Cc1ccccc1S(=O)(=O)O.O=P(O)(O)O.[H-].[K+]. The molecule has 0 amide bonds. The van der Waals surface area contributed by atoms with Crippen LogP contribution < -0.4 is 51.4 Å². The summed E-state index contributed by atoms with van der Waals surface area (Å²) in [6.45, 7) is 1.63. The van der Waals surface area contributed by atoms with Gasteiger partial charge in [-0.25, -0.2) is 4.57 Å². The predicted molar refractivity (Wildman–Crippen MR) is 56.4 cm³/mol. The first-order valence-electron chi connectivity index (χ1n) is 3.83. The summed E-state index contributed by atoms with van der Waals surface area (Å²) in [5.74, 6) is 0. The van der Waals surface area contributed by atoms with Crippen molar-refractivity contribution in [3.05, 3.63) is 29.8 Å². The van der Waals surface area contributed by atoms with Crippen LogP contribution in [-0.4, -0.2) is 27.7 Å². The van der Waals surface area contributed by atoms with Crippen molar-refractivity contribution in [1.82, 2.24) is 0 Å². The van der Waals surface area contributed by atoms with Crippen LogP contribution >= 0.6 is 7.82 Å². The Bertz CT molecular complexity index is 492. The standard InChI is InChI=1S/C7H8O3S.K.H3O4P.H/c1-6-4-2-3-5-7(6)11(8,9)10;;1-5(2,3)4;/h2-5H,1H3,(H,8,9,10);;(H3,1,2,3,4);/q;+1;;-1. The number of hydrogen-bond donors (Lipinski definition) is 4. The summed E-state index contributed by atoms with van der Waals surface area (Å²) in [5, 5.41) is 0. The third-order valence-electron chi connectivity index (χ3n) is 1.37. The van der Waals surface area contributed by atoms with E-state index in [1.54, 1.807) is 25.1 Å². The van der Waals surface area contributed by atoms with Crippen molar-refractivity contribution in [2.24, 2.45) is 0 Å². The molecule has 0 atom stereocenters. The second kappa shape index (κ2) is 8.13. The normalized spacial score (nSPS) is 10.9. The van der Waals surface area contributed by atoms with Crippen molar-refractivity contribution < 1.29 is 85.0 Å². The minimum Gasteiger partial charge on any atom is -1.00 e. The van der Waals surface area contributed by atoms with Crippen LogP contribution in [0.1, 0.15) is 6.99 Å². The Hall–Kier alpha value is 0.876. The Kier molecular flexibility index (Phi) is 9.66. The van der Waals surface area contributed by atoms with Crippen molar-refractivity contribution in [1.29, 1.82) is 0 Å². The third kappa shape index (κ3) is 11.7. The van der Waals surface area contributed by atoms with E-state index in [9.17, 15) is 8.42 Å². The minimum atomic E-state index is -4.64. The molecule has 7 nitrogen and oxygen atoms in total. The molecule has 1 aromatic rings. The largest absolute Gasteiger partial charge is 1.00 e. The maximum Gasteiger partial charge on any atom is 1.00 e. The average Bonchev–Trinajstić information content (AvgIpc) is 1.99. The fourth-order valence-electron chi connectivity index (χ4n) is 0.846. The second-order valence-corrected chi connectivity index (χ2v) is 5.17. The molecule has 0 radical (unpaired) electrons. The molecule has 0 saturated heterocycles. The maximum absolute atomic E-state index is 10.6. The molecule has 4 N–H and O–H groups in total.